The number of aromatic nitrogens is 3. The summed E-state index contributed by atoms with van der Waals surface area (Å²) in [5.74, 6) is 1.13. The van der Waals surface area contributed by atoms with Crippen molar-refractivity contribution in [2.45, 2.75) is 39.8 Å². The van der Waals surface area contributed by atoms with Crippen molar-refractivity contribution >= 4 is 5.91 Å². The lowest BCUT2D eigenvalue weighted by Gasteiger charge is -2.26. The molecule has 8 nitrogen and oxygen atoms in total. The highest BCUT2D eigenvalue weighted by molar-refractivity contribution is 5.84. The summed E-state index contributed by atoms with van der Waals surface area (Å²) < 4.78 is 13.3. The summed E-state index contributed by atoms with van der Waals surface area (Å²) in [5, 5.41) is 11.2. The number of nitrogens with zero attached hydrogens (tertiary/aromatic N) is 4. The van der Waals surface area contributed by atoms with Crippen LogP contribution in [0.25, 0.3) is 0 Å². The van der Waals surface area contributed by atoms with Gasteiger partial charge in [0.1, 0.15) is 6.33 Å². The van der Waals surface area contributed by atoms with Gasteiger partial charge in [-0.3, -0.25) is 9.69 Å². The van der Waals surface area contributed by atoms with E-state index in [1.54, 1.807) is 6.33 Å². The van der Waals surface area contributed by atoms with Gasteiger partial charge >= 0.3 is 0 Å². The van der Waals surface area contributed by atoms with Gasteiger partial charge in [0.2, 0.25) is 5.91 Å². The van der Waals surface area contributed by atoms with Crippen LogP contribution < -0.4 is 5.32 Å². The molecule has 26 heavy (non-hydrogen) atoms. The Morgan fingerprint density at radius 2 is 2.27 bits per heavy atom. The molecule has 0 aromatic carbocycles. The standard InChI is InChI=1S/C18H31N5O3/c1-3-5-23-14-20-21-16(23)9-19-17(24)18-12-22(6-8-25-7-4-2)10-15(18)11-26-13-18/h14-15H,3-13H2,1-2H3,(H,19,24)/t15-,18-/m0/s1. The van der Waals surface area contributed by atoms with E-state index < -0.39 is 5.41 Å². The Labute approximate surface area is 155 Å². The zero-order valence-electron chi connectivity index (χ0n) is 15.9. The van der Waals surface area contributed by atoms with E-state index in [0.29, 0.717) is 19.8 Å². The molecule has 146 valence electrons. The van der Waals surface area contributed by atoms with E-state index in [0.717, 1.165) is 58.1 Å². The lowest BCUT2D eigenvalue weighted by atomic mass is 9.80. The molecular weight excluding hydrogens is 334 g/mol. The number of ether oxygens (including phenoxy) is 2. The molecule has 2 aliphatic heterocycles. The van der Waals surface area contributed by atoms with Gasteiger partial charge < -0.3 is 19.4 Å². The van der Waals surface area contributed by atoms with Crippen LogP contribution in [0.3, 0.4) is 0 Å². The van der Waals surface area contributed by atoms with Crippen molar-refractivity contribution in [1.29, 1.82) is 0 Å². The van der Waals surface area contributed by atoms with Crippen LogP contribution in [0.1, 0.15) is 32.5 Å². The van der Waals surface area contributed by atoms with E-state index in [1.165, 1.54) is 0 Å². The van der Waals surface area contributed by atoms with E-state index in [4.69, 9.17) is 9.47 Å². The maximum atomic E-state index is 13.0. The van der Waals surface area contributed by atoms with Crippen molar-refractivity contribution < 1.29 is 14.3 Å². The van der Waals surface area contributed by atoms with Crippen LogP contribution in [0.15, 0.2) is 6.33 Å². The molecule has 2 fully saturated rings. The van der Waals surface area contributed by atoms with Crippen molar-refractivity contribution in [2.24, 2.45) is 11.3 Å². The van der Waals surface area contributed by atoms with Crippen molar-refractivity contribution in [3.63, 3.8) is 0 Å². The fourth-order valence-corrected chi connectivity index (χ4v) is 3.95. The summed E-state index contributed by atoms with van der Waals surface area (Å²) in [6, 6.07) is 0. The zero-order valence-corrected chi connectivity index (χ0v) is 15.9. The van der Waals surface area contributed by atoms with E-state index in [2.05, 4.69) is 34.3 Å². The quantitative estimate of drug-likeness (QED) is 0.614. The average molecular weight is 365 g/mol. The molecule has 0 radical (unpaired) electrons. The predicted molar refractivity (Wildman–Crippen MR) is 96.5 cm³/mol. The number of rotatable bonds is 10. The van der Waals surface area contributed by atoms with Gasteiger partial charge in [0.15, 0.2) is 5.82 Å². The second-order valence-electron chi connectivity index (χ2n) is 7.34. The van der Waals surface area contributed by atoms with Crippen LogP contribution in [-0.4, -0.2) is 71.6 Å². The topological polar surface area (TPSA) is 81.5 Å². The van der Waals surface area contributed by atoms with Gasteiger partial charge in [-0.2, -0.15) is 0 Å². The van der Waals surface area contributed by atoms with Crippen molar-refractivity contribution in [3.8, 4) is 0 Å². The van der Waals surface area contributed by atoms with Gasteiger partial charge in [-0.25, -0.2) is 0 Å². The minimum atomic E-state index is -0.444. The van der Waals surface area contributed by atoms with Crippen molar-refractivity contribution in [2.75, 3.05) is 46.1 Å². The van der Waals surface area contributed by atoms with Gasteiger partial charge in [0.05, 0.1) is 31.8 Å². The molecule has 3 heterocycles. The minimum Gasteiger partial charge on any atom is -0.380 e. The normalized spacial score (nSPS) is 25.5. The second kappa shape index (κ2) is 8.92. The Morgan fingerprint density at radius 3 is 3.08 bits per heavy atom. The van der Waals surface area contributed by atoms with Crippen LogP contribution in [0.4, 0.5) is 0 Å². The number of amides is 1. The molecule has 0 spiro atoms. The van der Waals surface area contributed by atoms with E-state index >= 15 is 0 Å². The Morgan fingerprint density at radius 1 is 1.38 bits per heavy atom. The maximum Gasteiger partial charge on any atom is 0.230 e. The lowest BCUT2D eigenvalue weighted by molar-refractivity contribution is -0.132. The Bertz CT molecular complexity index is 593. The number of nitrogens with one attached hydrogen (secondary N) is 1. The van der Waals surface area contributed by atoms with E-state index in [-0.39, 0.29) is 11.8 Å². The summed E-state index contributed by atoms with van der Waals surface area (Å²) in [6.07, 6.45) is 3.76. The smallest absolute Gasteiger partial charge is 0.230 e. The molecule has 0 unspecified atom stereocenters. The van der Waals surface area contributed by atoms with E-state index in [1.807, 2.05) is 4.57 Å². The van der Waals surface area contributed by atoms with Crippen LogP contribution in [0.2, 0.25) is 0 Å². The fourth-order valence-electron chi connectivity index (χ4n) is 3.95. The molecule has 1 amide bonds. The highest BCUT2D eigenvalue weighted by Crippen LogP contribution is 2.41. The summed E-state index contributed by atoms with van der Waals surface area (Å²) in [4.78, 5) is 15.4. The Hall–Kier alpha value is -1.51. The lowest BCUT2D eigenvalue weighted by Crippen LogP contribution is -2.46. The third kappa shape index (κ3) is 4.07. The van der Waals surface area contributed by atoms with Gasteiger partial charge in [0.25, 0.3) is 0 Å². The first-order valence-electron chi connectivity index (χ1n) is 9.72. The van der Waals surface area contributed by atoms with Crippen LogP contribution in [-0.2, 0) is 27.4 Å². The summed E-state index contributed by atoms with van der Waals surface area (Å²) >= 11 is 0. The molecule has 0 aliphatic carbocycles. The van der Waals surface area contributed by atoms with Crippen molar-refractivity contribution in [3.05, 3.63) is 12.2 Å². The molecule has 1 aromatic heterocycles. The number of fused-ring (bicyclic) bond motifs is 1. The number of likely N-dealkylation sites (tertiary alicyclic amines) is 1. The third-order valence-electron chi connectivity index (χ3n) is 5.36. The number of aryl methyl sites for hydroxylation is 1. The maximum absolute atomic E-state index is 13.0. The molecule has 2 saturated heterocycles. The number of hydrogen-bond acceptors (Lipinski definition) is 6. The summed E-state index contributed by atoms with van der Waals surface area (Å²) in [7, 11) is 0. The Balaban J connectivity index is 1.55. The van der Waals surface area contributed by atoms with Gasteiger partial charge in [-0.1, -0.05) is 13.8 Å². The number of carbonyl (C=O) groups excluding carboxylic acids is 1. The first-order valence-corrected chi connectivity index (χ1v) is 9.72. The molecule has 1 N–H and O–H groups in total. The molecule has 2 atom stereocenters. The van der Waals surface area contributed by atoms with E-state index in [9.17, 15) is 4.79 Å². The molecular formula is C18H31N5O3. The van der Waals surface area contributed by atoms with Crippen molar-refractivity contribution in [1.82, 2.24) is 25.0 Å². The molecule has 8 heteroatoms. The largest absolute Gasteiger partial charge is 0.380 e. The summed E-state index contributed by atoms with van der Waals surface area (Å²) in [5.41, 5.74) is -0.444. The molecule has 0 bridgehead atoms. The minimum absolute atomic E-state index is 0.0722. The fraction of sp³-hybridized carbons (Fsp3) is 0.833. The van der Waals surface area contributed by atoms with Gasteiger partial charge in [-0.15, -0.1) is 10.2 Å². The monoisotopic (exact) mass is 365 g/mol. The van der Waals surface area contributed by atoms with Gasteiger partial charge in [-0.05, 0) is 12.8 Å². The SMILES string of the molecule is CCCOCCN1C[C@H]2COC[C@@]2(C(=O)NCc2nncn2CCC)C1. The Kier molecular flexibility index (Phi) is 6.61. The summed E-state index contributed by atoms with van der Waals surface area (Å²) in [6.45, 7) is 10.7. The number of carbonyl (C=O) groups is 1. The molecule has 2 aliphatic rings. The first-order chi connectivity index (χ1) is 12.7. The highest BCUT2D eigenvalue weighted by Gasteiger charge is 2.55. The van der Waals surface area contributed by atoms with Crippen LogP contribution in [0.5, 0.6) is 0 Å². The zero-order chi connectivity index (χ0) is 18.4. The van der Waals surface area contributed by atoms with Crippen LogP contribution in [0, 0.1) is 11.3 Å². The second-order valence-corrected chi connectivity index (χ2v) is 7.34. The number of hydrogen-bond donors (Lipinski definition) is 1. The highest BCUT2D eigenvalue weighted by atomic mass is 16.5. The average Bonchev–Trinajstić information content (AvgIpc) is 3.31. The molecule has 0 saturated carbocycles. The van der Waals surface area contributed by atoms with Gasteiger partial charge in [0, 0.05) is 38.7 Å². The van der Waals surface area contributed by atoms with Crippen LogP contribution >= 0.6 is 0 Å². The third-order valence-corrected chi connectivity index (χ3v) is 5.36. The predicted octanol–water partition coefficient (Wildman–Crippen LogP) is 0.679. The molecule has 3 rings (SSSR count). The first kappa shape index (κ1) is 19.3. The molecule has 1 aromatic rings.